The van der Waals surface area contributed by atoms with E-state index < -0.39 is 0 Å². The first kappa shape index (κ1) is 12.7. The Hall–Kier alpha value is -0.800. The summed E-state index contributed by atoms with van der Waals surface area (Å²) in [5.41, 5.74) is 0. The van der Waals surface area contributed by atoms with Crippen molar-refractivity contribution in [1.29, 1.82) is 0 Å². The van der Waals surface area contributed by atoms with E-state index in [9.17, 15) is 0 Å². The Kier molecular flexibility index (Phi) is 4.63. The average molecular weight is 236 g/mol. The van der Waals surface area contributed by atoms with Crippen LogP contribution < -0.4 is 5.32 Å². The molecule has 1 aromatic rings. The molecule has 17 heavy (non-hydrogen) atoms. The van der Waals surface area contributed by atoms with Gasteiger partial charge in [0.2, 0.25) is 0 Å². The summed E-state index contributed by atoms with van der Waals surface area (Å²) < 4.78 is 5.36. The van der Waals surface area contributed by atoms with Crippen molar-refractivity contribution in [3.63, 3.8) is 0 Å². The van der Waals surface area contributed by atoms with Crippen LogP contribution in [0.15, 0.2) is 22.8 Å². The van der Waals surface area contributed by atoms with Gasteiger partial charge in [0.1, 0.15) is 5.76 Å². The van der Waals surface area contributed by atoms with Gasteiger partial charge in [-0.05, 0) is 51.0 Å². The molecule has 2 atom stereocenters. The predicted octanol–water partition coefficient (Wildman–Crippen LogP) is 2.14. The van der Waals surface area contributed by atoms with Crippen molar-refractivity contribution in [3.8, 4) is 0 Å². The Balaban J connectivity index is 1.65. The van der Waals surface area contributed by atoms with Crippen LogP contribution in [0, 0.1) is 5.92 Å². The molecule has 0 aliphatic carbocycles. The fourth-order valence-corrected chi connectivity index (χ4v) is 2.54. The molecular formula is C14H24N2O. The Morgan fingerprint density at radius 3 is 3.12 bits per heavy atom. The summed E-state index contributed by atoms with van der Waals surface area (Å²) in [7, 11) is 0. The van der Waals surface area contributed by atoms with Crippen molar-refractivity contribution < 1.29 is 4.42 Å². The van der Waals surface area contributed by atoms with Crippen molar-refractivity contribution in [1.82, 2.24) is 10.2 Å². The Morgan fingerprint density at radius 1 is 1.59 bits per heavy atom. The molecule has 1 fully saturated rings. The minimum absolute atomic E-state index is 0.497. The lowest BCUT2D eigenvalue weighted by Gasteiger charge is -2.17. The second-order valence-corrected chi connectivity index (χ2v) is 5.14. The summed E-state index contributed by atoms with van der Waals surface area (Å²) >= 11 is 0. The molecule has 1 N–H and O–H groups in total. The van der Waals surface area contributed by atoms with E-state index in [1.807, 2.05) is 12.1 Å². The van der Waals surface area contributed by atoms with Gasteiger partial charge in [-0.15, -0.1) is 0 Å². The first-order valence-corrected chi connectivity index (χ1v) is 6.76. The normalized spacial score (nSPS) is 23.1. The number of nitrogens with one attached hydrogen (secondary N) is 1. The van der Waals surface area contributed by atoms with Gasteiger partial charge in [-0.25, -0.2) is 0 Å². The van der Waals surface area contributed by atoms with E-state index in [1.165, 1.54) is 26.1 Å². The monoisotopic (exact) mass is 236 g/mol. The minimum atomic E-state index is 0.497. The lowest BCUT2D eigenvalue weighted by atomic mass is 10.1. The van der Waals surface area contributed by atoms with Crippen LogP contribution in [0.5, 0.6) is 0 Å². The average Bonchev–Trinajstić information content (AvgIpc) is 2.96. The van der Waals surface area contributed by atoms with Crippen LogP contribution in [-0.4, -0.2) is 37.1 Å². The van der Waals surface area contributed by atoms with Gasteiger partial charge in [0.25, 0.3) is 0 Å². The first-order valence-electron chi connectivity index (χ1n) is 6.76. The maximum Gasteiger partial charge on any atom is 0.105 e. The van der Waals surface area contributed by atoms with Gasteiger partial charge in [0, 0.05) is 19.0 Å². The summed E-state index contributed by atoms with van der Waals surface area (Å²) in [5.74, 6) is 1.90. The second kappa shape index (κ2) is 6.22. The number of likely N-dealkylation sites (tertiary alicyclic amines) is 1. The fourth-order valence-electron chi connectivity index (χ4n) is 2.54. The maximum absolute atomic E-state index is 5.36. The van der Waals surface area contributed by atoms with Gasteiger partial charge >= 0.3 is 0 Å². The van der Waals surface area contributed by atoms with Gasteiger partial charge in [-0.3, -0.25) is 0 Å². The molecule has 1 aliphatic heterocycles. The number of furan rings is 1. The smallest absolute Gasteiger partial charge is 0.105 e. The molecule has 96 valence electrons. The first-order chi connectivity index (χ1) is 8.28. The van der Waals surface area contributed by atoms with Crippen LogP contribution in [0.4, 0.5) is 0 Å². The molecule has 0 aromatic carbocycles. The predicted molar refractivity (Wildman–Crippen MR) is 70.1 cm³/mol. The zero-order valence-corrected chi connectivity index (χ0v) is 11.0. The third-order valence-electron chi connectivity index (χ3n) is 3.66. The summed E-state index contributed by atoms with van der Waals surface area (Å²) in [6, 6.07) is 4.50. The van der Waals surface area contributed by atoms with E-state index in [1.54, 1.807) is 6.26 Å². The molecule has 0 spiro atoms. The third kappa shape index (κ3) is 3.86. The zero-order valence-electron chi connectivity index (χ0n) is 11.0. The lowest BCUT2D eigenvalue weighted by molar-refractivity contribution is 0.334. The number of nitrogens with zero attached hydrogens (tertiary/aromatic N) is 1. The molecule has 1 aliphatic rings. The number of hydrogen-bond donors (Lipinski definition) is 1. The maximum atomic E-state index is 5.36. The van der Waals surface area contributed by atoms with Crippen molar-refractivity contribution >= 4 is 0 Å². The summed E-state index contributed by atoms with van der Waals surface area (Å²) in [6.07, 6.45) is 4.07. The Labute approximate surface area is 104 Å². The molecule has 0 saturated carbocycles. The van der Waals surface area contributed by atoms with Gasteiger partial charge < -0.3 is 14.6 Å². The van der Waals surface area contributed by atoms with Crippen LogP contribution >= 0.6 is 0 Å². The van der Waals surface area contributed by atoms with Gasteiger partial charge in [-0.1, -0.05) is 6.92 Å². The molecule has 2 unspecified atom stereocenters. The highest BCUT2D eigenvalue weighted by Crippen LogP contribution is 2.15. The number of rotatable bonds is 6. The van der Waals surface area contributed by atoms with E-state index in [4.69, 9.17) is 4.42 Å². The highest BCUT2D eigenvalue weighted by Gasteiger charge is 2.21. The lowest BCUT2D eigenvalue weighted by Crippen LogP contribution is -2.33. The van der Waals surface area contributed by atoms with Crippen molar-refractivity contribution in [2.75, 3.05) is 26.2 Å². The third-order valence-corrected chi connectivity index (χ3v) is 3.66. The Morgan fingerprint density at radius 2 is 2.47 bits per heavy atom. The SMILES string of the molecule is CCN1CCC(CNC(C)Cc2ccco2)C1. The second-order valence-electron chi connectivity index (χ2n) is 5.14. The Bertz CT molecular complexity index is 310. The van der Waals surface area contributed by atoms with Crippen LogP contribution in [-0.2, 0) is 6.42 Å². The van der Waals surface area contributed by atoms with Crippen LogP contribution in [0.2, 0.25) is 0 Å². The highest BCUT2D eigenvalue weighted by molar-refractivity contribution is 5.00. The topological polar surface area (TPSA) is 28.4 Å². The molecule has 0 amide bonds. The van der Waals surface area contributed by atoms with Gasteiger partial charge in [0.15, 0.2) is 0 Å². The van der Waals surface area contributed by atoms with Crippen molar-refractivity contribution in [2.45, 2.75) is 32.7 Å². The van der Waals surface area contributed by atoms with E-state index in [-0.39, 0.29) is 0 Å². The minimum Gasteiger partial charge on any atom is -0.469 e. The summed E-state index contributed by atoms with van der Waals surface area (Å²) in [5, 5.41) is 3.62. The van der Waals surface area contributed by atoms with Crippen LogP contribution in [0.25, 0.3) is 0 Å². The molecule has 0 bridgehead atoms. The fraction of sp³-hybridized carbons (Fsp3) is 0.714. The highest BCUT2D eigenvalue weighted by atomic mass is 16.3. The standard InChI is InChI=1S/C14H24N2O/c1-3-16-7-6-13(11-16)10-15-12(2)9-14-5-4-8-17-14/h4-5,8,12-13,15H,3,6-7,9-11H2,1-2H3. The molecule has 2 heterocycles. The molecule has 1 saturated heterocycles. The zero-order chi connectivity index (χ0) is 12.1. The van der Waals surface area contributed by atoms with Crippen LogP contribution in [0.3, 0.4) is 0 Å². The van der Waals surface area contributed by atoms with E-state index in [0.717, 1.165) is 24.6 Å². The molecular weight excluding hydrogens is 212 g/mol. The molecule has 1 aromatic heterocycles. The van der Waals surface area contributed by atoms with E-state index >= 15 is 0 Å². The van der Waals surface area contributed by atoms with Gasteiger partial charge in [0.05, 0.1) is 6.26 Å². The molecule has 3 nitrogen and oxygen atoms in total. The van der Waals surface area contributed by atoms with E-state index in [0.29, 0.717) is 6.04 Å². The summed E-state index contributed by atoms with van der Waals surface area (Å²) in [4.78, 5) is 2.53. The number of hydrogen-bond acceptors (Lipinski definition) is 3. The van der Waals surface area contributed by atoms with Crippen LogP contribution in [0.1, 0.15) is 26.0 Å². The molecule has 0 radical (unpaired) electrons. The van der Waals surface area contributed by atoms with Gasteiger partial charge in [-0.2, -0.15) is 0 Å². The molecule has 3 heteroatoms. The van der Waals surface area contributed by atoms with Crippen molar-refractivity contribution in [3.05, 3.63) is 24.2 Å². The summed E-state index contributed by atoms with van der Waals surface area (Å²) in [6.45, 7) is 9.34. The van der Waals surface area contributed by atoms with Crippen molar-refractivity contribution in [2.24, 2.45) is 5.92 Å². The quantitative estimate of drug-likeness (QED) is 0.820. The van der Waals surface area contributed by atoms with E-state index in [2.05, 4.69) is 24.1 Å². The largest absolute Gasteiger partial charge is 0.469 e. The molecule has 2 rings (SSSR count).